The number of hydrogen-bond acceptors (Lipinski definition) is 4. The summed E-state index contributed by atoms with van der Waals surface area (Å²) in [7, 11) is 0. The van der Waals surface area contributed by atoms with Crippen LogP contribution in [0, 0.1) is 0 Å². The Balaban J connectivity index is 1.17. The Morgan fingerprint density at radius 3 is 2.45 bits per heavy atom. The van der Waals surface area contributed by atoms with Crippen LogP contribution in [0.5, 0.6) is 0 Å². The number of nitrogens with one attached hydrogen (secondary N) is 1. The second-order valence-electron chi connectivity index (χ2n) is 11.1. The first-order valence-corrected chi connectivity index (χ1v) is 14.8. The molecular formula is C39H28N5-. The van der Waals surface area contributed by atoms with Gasteiger partial charge in [0, 0.05) is 40.8 Å². The lowest BCUT2D eigenvalue weighted by molar-refractivity contribution is 0.918. The molecule has 2 aliphatic heterocycles. The summed E-state index contributed by atoms with van der Waals surface area (Å²) in [5.41, 5.74) is 13.0. The molecule has 1 unspecified atom stereocenters. The van der Waals surface area contributed by atoms with Gasteiger partial charge >= 0.3 is 0 Å². The van der Waals surface area contributed by atoms with Crippen LogP contribution in [-0.4, -0.2) is 21.5 Å². The van der Waals surface area contributed by atoms with E-state index in [1.165, 1.54) is 5.57 Å². The van der Waals surface area contributed by atoms with Crippen molar-refractivity contribution >= 4 is 28.2 Å². The molecule has 1 N–H and O–H groups in total. The monoisotopic (exact) mass is 566 g/mol. The third-order valence-corrected chi connectivity index (χ3v) is 8.21. The molecule has 0 amide bonds. The first-order chi connectivity index (χ1) is 21.8. The topological polar surface area (TPSA) is 64.8 Å². The molecule has 0 bridgehead atoms. The van der Waals surface area contributed by atoms with Gasteiger partial charge in [-0.3, -0.25) is 9.97 Å². The van der Waals surface area contributed by atoms with Crippen molar-refractivity contribution < 1.29 is 0 Å². The van der Waals surface area contributed by atoms with E-state index in [4.69, 9.17) is 4.98 Å². The maximum absolute atomic E-state index is 5.15. The van der Waals surface area contributed by atoms with Gasteiger partial charge in [0.25, 0.3) is 0 Å². The molecule has 0 aliphatic carbocycles. The third-order valence-electron chi connectivity index (χ3n) is 8.21. The minimum absolute atomic E-state index is 0.0347. The number of fused-ring (bicyclic) bond motifs is 2. The quantitative estimate of drug-likeness (QED) is 0.226. The highest BCUT2D eigenvalue weighted by molar-refractivity contribution is 5.89. The van der Waals surface area contributed by atoms with Crippen LogP contribution in [0.25, 0.3) is 61.4 Å². The van der Waals surface area contributed by atoms with Gasteiger partial charge in [-0.05, 0) is 82.4 Å². The lowest BCUT2D eigenvalue weighted by atomic mass is 9.92. The SMILES string of the molecule is C1=C[N-]CC(c2cc(-c3cccnc3)cc(-c3ccc4ccc(-c5ccc6c(c5)NC(c5ccccn5)C=C6)nc4c3)c2)=C1. The van der Waals surface area contributed by atoms with E-state index in [9.17, 15) is 0 Å². The average molecular weight is 567 g/mol. The van der Waals surface area contributed by atoms with Crippen LogP contribution in [-0.2, 0) is 0 Å². The van der Waals surface area contributed by atoms with Crippen molar-refractivity contribution in [3.63, 3.8) is 0 Å². The standard InChI is InChI=1S/C39H28N5/c1-2-18-42-36(7-1)37-15-13-27-9-11-29(23-39(27)44-37)35-14-12-26-8-10-28(22-38(26)43-35)32-19-33(30-5-3-16-40-24-30)21-34(20-32)31-6-4-17-41-25-31/h1-24,37,44H,25H2/q-1. The van der Waals surface area contributed by atoms with Crippen LogP contribution >= 0.6 is 0 Å². The predicted molar refractivity (Wildman–Crippen MR) is 181 cm³/mol. The fraction of sp³-hybridized carbons (Fsp3) is 0.0513. The molecule has 8 rings (SSSR count). The van der Waals surface area contributed by atoms with Crippen molar-refractivity contribution in [3.05, 3.63) is 162 Å². The molecule has 0 fully saturated rings. The van der Waals surface area contributed by atoms with Gasteiger partial charge < -0.3 is 10.6 Å². The van der Waals surface area contributed by atoms with Crippen molar-refractivity contribution in [2.45, 2.75) is 6.04 Å². The second kappa shape index (κ2) is 11.1. The second-order valence-corrected chi connectivity index (χ2v) is 11.1. The third kappa shape index (κ3) is 5.05. The highest BCUT2D eigenvalue weighted by atomic mass is 15.0. The summed E-state index contributed by atoms with van der Waals surface area (Å²) >= 11 is 0. The minimum atomic E-state index is 0.0347. The Kier molecular flexibility index (Phi) is 6.54. The van der Waals surface area contributed by atoms with Crippen molar-refractivity contribution in [3.8, 4) is 33.5 Å². The van der Waals surface area contributed by atoms with E-state index in [0.717, 1.165) is 66.9 Å². The van der Waals surface area contributed by atoms with E-state index < -0.39 is 0 Å². The molecule has 0 saturated heterocycles. The maximum Gasteiger partial charge on any atom is 0.0873 e. The number of nitrogens with zero attached hydrogens (tertiary/aromatic N) is 4. The molecule has 0 saturated carbocycles. The first kappa shape index (κ1) is 25.9. The van der Waals surface area contributed by atoms with Gasteiger partial charge in [0.1, 0.15) is 0 Å². The lowest BCUT2D eigenvalue weighted by Gasteiger charge is -2.23. The molecule has 5 nitrogen and oxygen atoms in total. The molecule has 5 heterocycles. The fourth-order valence-electron chi connectivity index (χ4n) is 5.88. The van der Waals surface area contributed by atoms with Crippen LogP contribution in [0.2, 0.25) is 0 Å². The highest BCUT2D eigenvalue weighted by Gasteiger charge is 2.16. The number of hydrogen-bond donors (Lipinski definition) is 1. The molecule has 44 heavy (non-hydrogen) atoms. The normalized spacial score (nSPS) is 15.3. The van der Waals surface area contributed by atoms with Gasteiger partial charge in [-0.1, -0.05) is 72.3 Å². The van der Waals surface area contributed by atoms with Gasteiger partial charge in [0.2, 0.25) is 0 Å². The molecule has 0 radical (unpaired) electrons. The Morgan fingerprint density at radius 2 is 1.61 bits per heavy atom. The van der Waals surface area contributed by atoms with Gasteiger partial charge in [0.05, 0.1) is 22.9 Å². The molecule has 2 aliphatic rings. The lowest BCUT2D eigenvalue weighted by Crippen LogP contribution is -2.13. The number of anilines is 1. The van der Waals surface area contributed by atoms with Crippen molar-refractivity contribution in [1.82, 2.24) is 15.0 Å². The molecule has 3 aromatic carbocycles. The Hall–Kier alpha value is -5.81. The summed E-state index contributed by atoms with van der Waals surface area (Å²) in [5.74, 6) is 0. The molecular weight excluding hydrogens is 538 g/mol. The van der Waals surface area contributed by atoms with Gasteiger partial charge in [-0.2, -0.15) is 6.20 Å². The first-order valence-electron chi connectivity index (χ1n) is 14.8. The van der Waals surface area contributed by atoms with Crippen molar-refractivity contribution in [2.75, 3.05) is 11.9 Å². The number of allylic oxidation sites excluding steroid dienone is 2. The number of aromatic nitrogens is 3. The smallest absolute Gasteiger partial charge is 0.0873 e. The summed E-state index contributed by atoms with van der Waals surface area (Å²) in [6.07, 6.45) is 15.9. The van der Waals surface area contributed by atoms with Crippen LogP contribution in [0.3, 0.4) is 0 Å². The van der Waals surface area contributed by atoms with E-state index in [2.05, 4.69) is 112 Å². The number of pyridine rings is 3. The largest absolute Gasteiger partial charge is 0.687 e. The van der Waals surface area contributed by atoms with Gasteiger partial charge in [0.15, 0.2) is 0 Å². The summed E-state index contributed by atoms with van der Waals surface area (Å²) in [4.78, 5) is 14.1. The Labute approximate surface area is 256 Å². The zero-order valence-electron chi connectivity index (χ0n) is 23.9. The van der Waals surface area contributed by atoms with Crippen molar-refractivity contribution in [1.29, 1.82) is 0 Å². The Bertz CT molecular complexity index is 2100. The summed E-state index contributed by atoms with van der Waals surface area (Å²) in [5, 5.41) is 9.23. The summed E-state index contributed by atoms with van der Waals surface area (Å²) in [6.45, 7) is 0.670. The molecule has 5 heteroatoms. The Morgan fingerprint density at radius 1 is 0.727 bits per heavy atom. The van der Waals surface area contributed by atoms with E-state index in [1.807, 2.05) is 55.1 Å². The predicted octanol–water partition coefficient (Wildman–Crippen LogP) is 9.49. The van der Waals surface area contributed by atoms with E-state index in [0.29, 0.717) is 6.54 Å². The molecule has 0 spiro atoms. The number of rotatable bonds is 5. The van der Waals surface area contributed by atoms with Crippen LogP contribution in [0.1, 0.15) is 22.9 Å². The summed E-state index contributed by atoms with van der Waals surface area (Å²) < 4.78 is 0. The summed E-state index contributed by atoms with van der Waals surface area (Å²) in [6, 6.07) is 34.1. The van der Waals surface area contributed by atoms with Gasteiger partial charge in [-0.25, -0.2) is 4.98 Å². The highest BCUT2D eigenvalue weighted by Crippen LogP contribution is 2.35. The van der Waals surface area contributed by atoms with Crippen LogP contribution in [0.4, 0.5) is 5.69 Å². The average Bonchev–Trinajstić information content (AvgIpc) is 3.11. The molecule has 210 valence electrons. The maximum atomic E-state index is 5.15. The number of benzene rings is 3. The van der Waals surface area contributed by atoms with Crippen LogP contribution in [0.15, 0.2) is 140 Å². The zero-order chi connectivity index (χ0) is 29.3. The van der Waals surface area contributed by atoms with Gasteiger partial charge in [-0.15, -0.1) is 6.54 Å². The van der Waals surface area contributed by atoms with Crippen molar-refractivity contribution in [2.24, 2.45) is 0 Å². The molecule has 3 aromatic heterocycles. The van der Waals surface area contributed by atoms with E-state index in [1.54, 1.807) is 0 Å². The zero-order valence-corrected chi connectivity index (χ0v) is 23.9. The van der Waals surface area contributed by atoms with E-state index in [-0.39, 0.29) is 6.04 Å². The fourth-order valence-corrected chi connectivity index (χ4v) is 5.88. The molecule has 1 atom stereocenters. The minimum Gasteiger partial charge on any atom is -0.687 e. The molecule has 6 aromatic rings. The van der Waals surface area contributed by atoms with Crippen LogP contribution < -0.4 is 5.32 Å². The van der Waals surface area contributed by atoms with E-state index >= 15 is 0 Å².